The van der Waals surface area contributed by atoms with Crippen molar-refractivity contribution in [2.24, 2.45) is 0 Å². The van der Waals surface area contributed by atoms with Gasteiger partial charge in [0.2, 0.25) is 17.7 Å². The Labute approximate surface area is 125 Å². The Hall–Kier alpha value is -1.60. The van der Waals surface area contributed by atoms with Gasteiger partial charge in [0.05, 0.1) is 39.5 Å². The minimum Gasteiger partial charge on any atom is -0.481 e. The van der Waals surface area contributed by atoms with Crippen LogP contribution in [0.2, 0.25) is 0 Å². The molecule has 0 aromatic carbocycles. The highest BCUT2D eigenvalue weighted by Crippen LogP contribution is 2.22. The standard InChI is InChI=1S/C14H24N4O3/c1-10(2)15-8-11-9-21-6-5-18(11)14-16-12(19-3)7-13(17-14)20-4/h7,10-11,15H,5-6,8-9H2,1-4H3. The second-order valence-electron chi connectivity index (χ2n) is 5.24. The van der Waals surface area contributed by atoms with Crippen molar-refractivity contribution in [3.63, 3.8) is 0 Å². The van der Waals surface area contributed by atoms with Gasteiger partial charge in [-0.1, -0.05) is 13.8 Å². The average molecular weight is 296 g/mol. The van der Waals surface area contributed by atoms with Gasteiger partial charge in [0.15, 0.2) is 0 Å². The van der Waals surface area contributed by atoms with Crippen molar-refractivity contribution in [1.82, 2.24) is 15.3 Å². The van der Waals surface area contributed by atoms with Gasteiger partial charge in [0.25, 0.3) is 0 Å². The lowest BCUT2D eigenvalue weighted by molar-refractivity contribution is 0.0921. The molecule has 1 saturated heterocycles. The summed E-state index contributed by atoms with van der Waals surface area (Å²) in [5.41, 5.74) is 0. The molecule has 0 amide bonds. The predicted octanol–water partition coefficient (Wildman–Crippen LogP) is 0.697. The molecule has 1 aliphatic heterocycles. The van der Waals surface area contributed by atoms with Gasteiger partial charge < -0.3 is 24.4 Å². The fraction of sp³-hybridized carbons (Fsp3) is 0.714. The third-order valence-electron chi connectivity index (χ3n) is 3.33. The van der Waals surface area contributed by atoms with Crippen molar-refractivity contribution in [3.8, 4) is 11.8 Å². The maximum Gasteiger partial charge on any atom is 0.232 e. The van der Waals surface area contributed by atoms with E-state index in [1.54, 1.807) is 20.3 Å². The van der Waals surface area contributed by atoms with Crippen molar-refractivity contribution in [2.75, 3.05) is 45.4 Å². The van der Waals surface area contributed by atoms with Crippen LogP contribution in [-0.2, 0) is 4.74 Å². The summed E-state index contributed by atoms with van der Waals surface area (Å²) in [6.07, 6.45) is 0. The van der Waals surface area contributed by atoms with Crippen molar-refractivity contribution in [3.05, 3.63) is 6.07 Å². The lowest BCUT2D eigenvalue weighted by atomic mass is 10.2. The number of nitrogens with one attached hydrogen (secondary N) is 1. The maximum absolute atomic E-state index is 5.58. The first kappa shape index (κ1) is 15.8. The SMILES string of the molecule is COc1cc(OC)nc(N2CCOCC2CNC(C)C)n1. The molecule has 1 aromatic rings. The van der Waals surface area contributed by atoms with E-state index in [1.165, 1.54) is 0 Å². The first-order chi connectivity index (χ1) is 10.1. The molecule has 1 aromatic heterocycles. The molecule has 1 N–H and O–H groups in total. The largest absolute Gasteiger partial charge is 0.481 e. The number of aromatic nitrogens is 2. The third kappa shape index (κ3) is 4.18. The van der Waals surface area contributed by atoms with Crippen LogP contribution in [0.1, 0.15) is 13.8 Å². The normalized spacial score (nSPS) is 18.9. The molecular weight excluding hydrogens is 272 g/mol. The van der Waals surface area contributed by atoms with Crippen LogP contribution >= 0.6 is 0 Å². The van der Waals surface area contributed by atoms with Gasteiger partial charge in [-0.15, -0.1) is 0 Å². The van der Waals surface area contributed by atoms with E-state index in [0.29, 0.717) is 37.0 Å². The molecule has 0 saturated carbocycles. The molecule has 7 nitrogen and oxygen atoms in total. The molecule has 1 unspecified atom stereocenters. The average Bonchev–Trinajstić information content (AvgIpc) is 2.52. The third-order valence-corrected chi connectivity index (χ3v) is 3.33. The molecule has 2 heterocycles. The molecule has 0 spiro atoms. The van der Waals surface area contributed by atoms with E-state index in [2.05, 4.69) is 34.0 Å². The van der Waals surface area contributed by atoms with Crippen LogP contribution in [0.15, 0.2) is 6.07 Å². The number of morpholine rings is 1. The number of hydrogen-bond acceptors (Lipinski definition) is 7. The molecular formula is C14H24N4O3. The highest BCUT2D eigenvalue weighted by atomic mass is 16.5. The monoisotopic (exact) mass is 296 g/mol. The van der Waals surface area contributed by atoms with Crippen LogP contribution in [0.25, 0.3) is 0 Å². The number of rotatable bonds is 6. The van der Waals surface area contributed by atoms with Crippen LogP contribution in [0.4, 0.5) is 5.95 Å². The van der Waals surface area contributed by atoms with Crippen LogP contribution in [0.5, 0.6) is 11.8 Å². The first-order valence-electron chi connectivity index (χ1n) is 7.19. The Morgan fingerprint density at radius 3 is 2.57 bits per heavy atom. The van der Waals surface area contributed by atoms with Crippen molar-refractivity contribution < 1.29 is 14.2 Å². The van der Waals surface area contributed by atoms with Crippen LogP contribution in [0, 0.1) is 0 Å². The molecule has 1 aliphatic rings. The van der Waals surface area contributed by atoms with Crippen LogP contribution < -0.4 is 19.7 Å². The zero-order chi connectivity index (χ0) is 15.2. The van der Waals surface area contributed by atoms with Gasteiger partial charge in [0, 0.05) is 19.1 Å². The summed E-state index contributed by atoms with van der Waals surface area (Å²) in [6, 6.07) is 2.29. The number of nitrogens with zero attached hydrogens (tertiary/aromatic N) is 3. The Balaban J connectivity index is 2.19. The number of methoxy groups -OCH3 is 2. The van der Waals surface area contributed by atoms with Gasteiger partial charge in [0.1, 0.15) is 0 Å². The molecule has 21 heavy (non-hydrogen) atoms. The summed E-state index contributed by atoms with van der Waals surface area (Å²) in [4.78, 5) is 11.0. The molecule has 7 heteroatoms. The van der Waals surface area contributed by atoms with Gasteiger partial charge in [-0.3, -0.25) is 0 Å². The van der Waals surface area contributed by atoms with Crippen LogP contribution in [0.3, 0.4) is 0 Å². The molecule has 1 fully saturated rings. The molecule has 0 radical (unpaired) electrons. The highest BCUT2D eigenvalue weighted by Gasteiger charge is 2.26. The minimum atomic E-state index is 0.193. The summed E-state index contributed by atoms with van der Waals surface area (Å²) in [5, 5.41) is 3.43. The van der Waals surface area contributed by atoms with Gasteiger partial charge in [-0.25, -0.2) is 0 Å². The smallest absolute Gasteiger partial charge is 0.232 e. The van der Waals surface area contributed by atoms with Gasteiger partial charge in [-0.05, 0) is 0 Å². The summed E-state index contributed by atoms with van der Waals surface area (Å²) in [6.45, 7) is 7.14. The molecule has 2 rings (SSSR count). The van der Waals surface area contributed by atoms with E-state index in [0.717, 1.165) is 13.1 Å². The molecule has 118 valence electrons. The summed E-state index contributed by atoms with van der Waals surface area (Å²) < 4.78 is 16.0. The Bertz CT molecular complexity index is 434. The summed E-state index contributed by atoms with van der Waals surface area (Å²) in [5.74, 6) is 1.61. The van der Waals surface area contributed by atoms with E-state index in [1.807, 2.05) is 0 Å². The Morgan fingerprint density at radius 1 is 1.33 bits per heavy atom. The van der Waals surface area contributed by atoms with Crippen molar-refractivity contribution in [1.29, 1.82) is 0 Å². The lowest BCUT2D eigenvalue weighted by Gasteiger charge is -2.36. The van der Waals surface area contributed by atoms with Gasteiger partial charge >= 0.3 is 0 Å². The molecule has 0 bridgehead atoms. The zero-order valence-corrected chi connectivity index (χ0v) is 13.1. The quantitative estimate of drug-likeness (QED) is 0.828. The predicted molar refractivity (Wildman–Crippen MR) is 80.2 cm³/mol. The zero-order valence-electron chi connectivity index (χ0n) is 13.1. The van der Waals surface area contributed by atoms with Gasteiger partial charge in [-0.2, -0.15) is 9.97 Å². The second-order valence-corrected chi connectivity index (χ2v) is 5.24. The molecule has 0 aliphatic carbocycles. The highest BCUT2D eigenvalue weighted by molar-refractivity contribution is 5.38. The minimum absolute atomic E-state index is 0.193. The first-order valence-corrected chi connectivity index (χ1v) is 7.19. The van der Waals surface area contributed by atoms with E-state index in [4.69, 9.17) is 14.2 Å². The van der Waals surface area contributed by atoms with Crippen LogP contribution in [-0.4, -0.2) is 62.6 Å². The van der Waals surface area contributed by atoms with E-state index >= 15 is 0 Å². The maximum atomic E-state index is 5.58. The van der Waals surface area contributed by atoms with E-state index < -0.39 is 0 Å². The fourth-order valence-corrected chi connectivity index (χ4v) is 2.19. The number of ether oxygens (including phenoxy) is 3. The Morgan fingerprint density at radius 2 is 2.00 bits per heavy atom. The van der Waals surface area contributed by atoms with Crippen molar-refractivity contribution >= 4 is 5.95 Å². The molecule has 1 atom stereocenters. The Kier molecular flexibility index (Phi) is 5.58. The van der Waals surface area contributed by atoms with Crippen molar-refractivity contribution in [2.45, 2.75) is 25.9 Å². The van der Waals surface area contributed by atoms with E-state index in [-0.39, 0.29) is 6.04 Å². The second kappa shape index (κ2) is 7.42. The van der Waals surface area contributed by atoms with E-state index in [9.17, 15) is 0 Å². The number of hydrogen-bond donors (Lipinski definition) is 1. The topological polar surface area (TPSA) is 68.7 Å². The summed E-state index contributed by atoms with van der Waals surface area (Å²) >= 11 is 0. The number of anilines is 1. The lowest BCUT2D eigenvalue weighted by Crippen LogP contribution is -2.52. The summed E-state index contributed by atoms with van der Waals surface area (Å²) in [7, 11) is 3.17. The fourth-order valence-electron chi connectivity index (χ4n) is 2.19.